The number of halogens is 1. The molecule has 2 bridgehead atoms. The Hall–Kier alpha value is -0.570. The minimum absolute atomic E-state index is 0.120. The van der Waals surface area contributed by atoms with Crippen molar-refractivity contribution in [2.45, 2.75) is 44.7 Å². The molecule has 116 valence electrons. The lowest BCUT2D eigenvalue weighted by molar-refractivity contribution is 0.158. The summed E-state index contributed by atoms with van der Waals surface area (Å²) in [6.07, 6.45) is 5.83. The maximum atomic E-state index is 6.28. The Balaban J connectivity index is 1.70. The molecule has 1 aromatic carbocycles. The minimum Gasteiger partial charge on any atom is -0.326 e. The van der Waals surface area contributed by atoms with E-state index in [4.69, 9.17) is 17.3 Å². The van der Waals surface area contributed by atoms with E-state index < -0.39 is 0 Å². The van der Waals surface area contributed by atoms with Crippen LogP contribution in [0.2, 0.25) is 5.02 Å². The first kappa shape index (κ1) is 15.3. The lowest BCUT2D eigenvalue weighted by atomic mass is 9.87. The van der Waals surface area contributed by atoms with E-state index in [0.29, 0.717) is 0 Å². The van der Waals surface area contributed by atoms with Crippen LogP contribution in [0.15, 0.2) is 24.3 Å². The zero-order chi connectivity index (χ0) is 15.0. The summed E-state index contributed by atoms with van der Waals surface area (Å²) in [5, 5.41) is 0.790. The van der Waals surface area contributed by atoms with Crippen LogP contribution >= 0.6 is 11.6 Å². The van der Waals surface area contributed by atoms with Crippen LogP contribution in [-0.2, 0) is 0 Å². The van der Waals surface area contributed by atoms with Gasteiger partial charge in [0, 0.05) is 23.7 Å². The van der Waals surface area contributed by atoms with Crippen LogP contribution < -0.4 is 5.73 Å². The van der Waals surface area contributed by atoms with E-state index >= 15 is 0 Å². The third-order valence-corrected chi connectivity index (χ3v) is 5.84. The molecule has 2 saturated carbocycles. The zero-order valence-electron chi connectivity index (χ0n) is 13.1. The Bertz CT molecular complexity index is 471. The quantitative estimate of drug-likeness (QED) is 0.887. The average molecular weight is 307 g/mol. The van der Waals surface area contributed by atoms with Crippen molar-refractivity contribution in [2.24, 2.45) is 23.5 Å². The Morgan fingerprint density at radius 3 is 2.48 bits per heavy atom. The normalized spacial score (nSPS) is 30.8. The molecule has 0 aromatic heterocycles. The summed E-state index contributed by atoms with van der Waals surface area (Å²) in [5.41, 5.74) is 7.56. The third kappa shape index (κ3) is 3.28. The fourth-order valence-corrected chi connectivity index (χ4v) is 4.83. The average Bonchev–Trinajstić information content (AvgIpc) is 3.03. The van der Waals surface area contributed by atoms with E-state index in [2.05, 4.69) is 31.0 Å². The maximum absolute atomic E-state index is 6.28. The van der Waals surface area contributed by atoms with E-state index in [9.17, 15) is 0 Å². The summed E-state index contributed by atoms with van der Waals surface area (Å²) < 4.78 is 0. The van der Waals surface area contributed by atoms with Gasteiger partial charge in [0.15, 0.2) is 0 Å². The van der Waals surface area contributed by atoms with Gasteiger partial charge in [0.2, 0.25) is 0 Å². The summed E-state index contributed by atoms with van der Waals surface area (Å²) in [7, 11) is 2.23. The number of benzene rings is 1. The first-order chi connectivity index (χ1) is 10.0. The molecule has 0 amide bonds. The Morgan fingerprint density at radius 2 is 1.95 bits per heavy atom. The molecule has 5 atom stereocenters. The van der Waals surface area contributed by atoms with Crippen LogP contribution in [0.25, 0.3) is 0 Å². The SMILES string of the molecule is CC(N)C(c1ccc(Cl)cc1)N(C)CC1CC2CCC1C2. The number of hydrogen-bond acceptors (Lipinski definition) is 2. The summed E-state index contributed by atoms with van der Waals surface area (Å²) in [6.45, 7) is 3.28. The highest BCUT2D eigenvalue weighted by atomic mass is 35.5. The summed E-state index contributed by atoms with van der Waals surface area (Å²) in [6, 6.07) is 8.58. The number of fused-ring (bicyclic) bond motifs is 2. The van der Waals surface area contributed by atoms with Crippen LogP contribution in [0.5, 0.6) is 0 Å². The molecule has 2 N–H and O–H groups in total. The number of likely N-dealkylation sites (N-methyl/N-ethyl adjacent to an activating group) is 1. The molecule has 2 aliphatic carbocycles. The van der Waals surface area contributed by atoms with Gasteiger partial charge in [-0.3, -0.25) is 4.90 Å². The van der Waals surface area contributed by atoms with Crippen LogP contribution in [0.3, 0.4) is 0 Å². The van der Waals surface area contributed by atoms with Gasteiger partial charge in [0.05, 0.1) is 0 Å². The standard InChI is InChI=1S/C18H27ClN2/c1-12(20)18(14-5-7-17(19)8-6-14)21(2)11-16-10-13-3-4-15(16)9-13/h5-8,12-13,15-16,18H,3-4,9-11,20H2,1-2H3. The molecule has 0 heterocycles. The number of nitrogens with zero attached hydrogens (tertiary/aromatic N) is 1. The first-order valence-corrected chi connectivity index (χ1v) is 8.63. The lowest BCUT2D eigenvalue weighted by Gasteiger charge is -2.35. The van der Waals surface area contributed by atoms with Crippen molar-refractivity contribution in [1.29, 1.82) is 0 Å². The molecular formula is C18H27ClN2. The number of rotatable bonds is 5. The van der Waals surface area contributed by atoms with Crippen molar-refractivity contribution in [1.82, 2.24) is 4.90 Å². The zero-order valence-corrected chi connectivity index (χ0v) is 13.9. The predicted octanol–water partition coefficient (Wildman–Crippen LogP) is 4.10. The molecule has 0 saturated heterocycles. The van der Waals surface area contributed by atoms with E-state index in [1.165, 1.54) is 37.8 Å². The van der Waals surface area contributed by atoms with Gasteiger partial charge in [-0.05, 0) is 68.7 Å². The second-order valence-electron chi connectivity index (χ2n) is 7.23. The van der Waals surface area contributed by atoms with Crippen molar-refractivity contribution < 1.29 is 0 Å². The second kappa shape index (κ2) is 6.28. The van der Waals surface area contributed by atoms with Gasteiger partial charge < -0.3 is 5.73 Å². The third-order valence-electron chi connectivity index (χ3n) is 5.59. The van der Waals surface area contributed by atoms with Crippen molar-refractivity contribution in [3.63, 3.8) is 0 Å². The van der Waals surface area contributed by atoms with Gasteiger partial charge >= 0.3 is 0 Å². The number of hydrogen-bond donors (Lipinski definition) is 1. The molecule has 0 spiro atoms. The Kier molecular flexibility index (Phi) is 4.58. The fourth-order valence-electron chi connectivity index (χ4n) is 4.70. The van der Waals surface area contributed by atoms with Crippen LogP contribution in [0, 0.1) is 17.8 Å². The second-order valence-corrected chi connectivity index (χ2v) is 7.67. The van der Waals surface area contributed by atoms with Gasteiger partial charge in [0.25, 0.3) is 0 Å². The fraction of sp³-hybridized carbons (Fsp3) is 0.667. The van der Waals surface area contributed by atoms with Crippen molar-refractivity contribution in [2.75, 3.05) is 13.6 Å². The van der Waals surface area contributed by atoms with Crippen molar-refractivity contribution in [3.05, 3.63) is 34.9 Å². The molecule has 0 radical (unpaired) electrons. The largest absolute Gasteiger partial charge is 0.326 e. The molecule has 21 heavy (non-hydrogen) atoms. The molecule has 3 heteroatoms. The highest BCUT2D eigenvalue weighted by Gasteiger charge is 2.40. The summed E-state index contributed by atoms with van der Waals surface area (Å²) in [4.78, 5) is 2.47. The van der Waals surface area contributed by atoms with E-state index in [-0.39, 0.29) is 12.1 Å². The predicted molar refractivity (Wildman–Crippen MR) is 89.4 cm³/mol. The lowest BCUT2D eigenvalue weighted by Crippen LogP contribution is -2.40. The molecular weight excluding hydrogens is 280 g/mol. The topological polar surface area (TPSA) is 29.3 Å². The Labute approximate surface area is 133 Å². The van der Waals surface area contributed by atoms with Gasteiger partial charge in [-0.1, -0.05) is 30.2 Å². The molecule has 3 rings (SSSR count). The smallest absolute Gasteiger partial charge is 0.0493 e. The highest BCUT2D eigenvalue weighted by Crippen LogP contribution is 2.48. The van der Waals surface area contributed by atoms with Crippen LogP contribution in [0.1, 0.15) is 44.2 Å². The molecule has 5 unspecified atom stereocenters. The van der Waals surface area contributed by atoms with Crippen molar-refractivity contribution >= 4 is 11.6 Å². The van der Waals surface area contributed by atoms with E-state index in [0.717, 1.165) is 22.8 Å². The first-order valence-electron chi connectivity index (χ1n) is 8.26. The summed E-state index contributed by atoms with van der Waals surface area (Å²) in [5.74, 6) is 2.86. The molecule has 2 fully saturated rings. The van der Waals surface area contributed by atoms with Gasteiger partial charge in [-0.15, -0.1) is 0 Å². The van der Waals surface area contributed by atoms with Crippen molar-refractivity contribution in [3.8, 4) is 0 Å². The maximum Gasteiger partial charge on any atom is 0.0493 e. The minimum atomic E-state index is 0.120. The van der Waals surface area contributed by atoms with E-state index in [1.54, 1.807) is 0 Å². The van der Waals surface area contributed by atoms with Gasteiger partial charge in [-0.25, -0.2) is 0 Å². The highest BCUT2D eigenvalue weighted by molar-refractivity contribution is 6.30. The monoisotopic (exact) mass is 306 g/mol. The van der Waals surface area contributed by atoms with Gasteiger partial charge in [-0.2, -0.15) is 0 Å². The summed E-state index contributed by atoms with van der Waals surface area (Å²) >= 11 is 6.01. The van der Waals surface area contributed by atoms with E-state index in [1.807, 2.05) is 12.1 Å². The Morgan fingerprint density at radius 1 is 1.24 bits per heavy atom. The molecule has 2 aliphatic rings. The number of nitrogens with two attached hydrogens (primary N) is 1. The molecule has 2 nitrogen and oxygen atoms in total. The van der Waals surface area contributed by atoms with Gasteiger partial charge in [0.1, 0.15) is 0 Å². The molecule has 0 aliphatic heterocycles. The van der Waals surface area contributed by atoms with Crippen LogP contribution in [-0.4, -0.2) is 24.5 Å². The van der Waals surface area contributed by atoms with Crippen LogP contribution in [0.4, 0.5) is 0 Å². The molecule has 1 aromatic rings.